The van der Waals surface area contributed by atoms with Gasteiger partial charge >= 0.3 is 6.18 Å². The fourth-order valence-corrected chi connectivity index (χ4v) is 5.80. The van der Waals surface area contributed by atoms with Crippen LogP contribution in [0.5, 0.6) is 0 Å². The van der Waals surface area contributed by atoms with Crippen LogP contribution in [0.4, 0.5) is 13.2 Å². The van der Waals surface area contributed by atoms with Gasteiger partial charge in [0, 0.05) is 29.4 Å². The average molecular weight is 473 g/mol. The molecule has 1 saturated carbocycles. The van der Waals surface area contributed by atoms with Crippen LogP contribution in [0.15, 0.2) is 48.5 Å². The normalized spacial score (nSPS) is 20.8. The maximum Gasteiger partial charge on any atom is 0.416 e. The zero-order valence-corrected chi connectivity index (χ0v) is 18.6. The number of hydrogen-bond donors (Lipinski definition) is 1. The lowest BCUT2D eigenvalue weighted by Crippen LogP contribution is -2.39. The summed E-state index contributed by atoms with van der Waals surface area (Å²) in [7, 11) is 0. The molecule has 2 amide bonds. The number of fused-ring (bicyclic) bond motifs is 2. The Morgan fingerprint density at radius 2 is 1.82 bits per heavy atom. The van der Waals surface area contributed by atoms with E-state index in [1.807, 2.05) is 29.2 Å². The zero-order chi connectivity index (χ0) is 23.2. The van der Waals surface area contributed by atoms with Crippen molar-refractivity contribution in [2.45, 2.75) is 44.4 Å². The van der Waals surface area contributed by atoms with Crippen LogP contribution >= 0.6 is 11.3 Å². The van der Waals surface area contributed by atoms with Crippen LogP contribution in [0.2, 0.25) is 0 Å². The SMILES string of the molecule is O=C(NC1CCC(CN2Cc3ccccc3C2=O)CC1)c1cc2cc(C(F)(F)F)ccc2s1. The van der Waals surface area contributed by atoms with Crippen molar-refractivity contribution >= 4 is 33.2 Å². The molecule has 0 bridgehead atoms. The summed E-state index contributed by atoms with van der Waals surface area (Å²) >= 11 is 1.21. The summed E-state index contributed by atoms with van der Waals surface area (Å²) in [4.78, 5) is 27.7. The number of nitrogens with one attached hydrogen (secondary N) is 1. The number of hydrogen-bond acceptors (Lipinski definition) is 3. The molecule has 172 valence electrons. The third kappa shape index (κ3) is 4.49. The van der Waals surface area contributed by atoms with Crippen molar-refractivity contribution in [1.29, 1.82) is 0 Å². The van der Waals surface area contributed by atoms with Crippen molar-refractivity contribution in [3.05, 3.63) is 70.1 Å². The Hall–Kier alpha value is -2.87. The number of thiophene rings is 1. The van der Waals surface area contributed by atoms with Gasteiger partial charge in [0.15, 0.2) is 0 Å². The lowest BCUT2D eigenvalue weighted by Gasteiger charge is -2.31. The number of carbonyl (C=O) groups excluding carboxylic acids is 2. The van der Waals surface area contributed by atoms with E-state index in [4.69, 9.17) is 0 Å². The molecule has 2 aromatic carbocycles. The van der Waals surface area contributed by atoms with Gasteiger partial charge in [0.1, 0.15) is 0 Å². The third-order valence-electron chi connectivity index (χ3n) is 6.62. The first-order chi connectivity index (χ1) is 15.8. The van der Waals surface area contributed by atoms with Crippen LogP contribution in [0, 0.1) is 5.92 Å². The molecule has 1 aliphatic heterocycles. The molecule has 33 heavy (non-hydrogen) atoms. The summed E-state index contributed by atoms with van der Waals surface area (Å²) in [5.41, 5.74) is 1.16. The van der Waals surface area contributed by atoms with E-state index in [0.717, 1.165) is 55.5 Å². The highest BCUT2D eigenvalue weighted by Gasteiger charge is 2.32. The minimum Gasteiger partial charge on any atom is -0.349 e. The molecule has 0 atom stereocenters. The molecule has 5 rings (SSSR count). The molecule has 1 aliphatic carbocycles. The smallest absolute Gasteiger partial charge is 0.349 e. The van der Waals surface area contributed by atoms with E-state index in [1.54, 1.807) is 0 Å². The number of halogens is 3. The Morgan fingerprint density at radius 3 is 2.55 bits per heavy atom. The van der Waals surface area contributed by atoms with Gasteiger partial charge in [-0.25, -0.2) is 0 Å². The van der Waals surface area contributed by atoms with Crippen LogP contribution in [0.25, 0.3) is 10.1 Å². The molecule has 2 aliphatic rings. The molecule has 0 unspecified atom stereocenters. The standard InChI is InChI=1S/C25H23F3N2O2S/c26-25(27,28)18-7-10-21-17(11-18)12-22(33-21)23(31)29-19-8-5-15(6-9-19)13-30-14-16-3-1-2-4-20(16)24(30)32/h1-4,7,10-12,15,19H,5-6,8-9,13-14H2,(H,29,31). The molecule has 1 fully saturated rings. The van der Waals surface area contributed by atoms with Crippen LogP contribution in [-0.4, -0.2) is 29.3 Å². The summed E-state index contributed by atoms with van der Waals surface area (Å²) in [6.07, 6.45) is -0.901. The molecule has 0 spiro atoms. The van der Waals surface area contributed by atoms with Gasteiger partial charge in [-0.3, -0.25) is 9.59 Å². The fraction of sp³-hybridized carbons (Fsp3) is 0.360. The lowest BCUT2D eigenvalue weighted by atomic mass is 9.85. The minimum absolute atomic E-state index is 0.0381. The van der Waals surface area contributed by atoms with E-state index < -0.39 is 11.7 Å². The fourth-order valence-electron chi connectivity index (χ4n) is 4.85. The van der Waals surface area contributed by atoms with E-state index in [-0.39, 0.29) is 17.9 Å². The number of alkyl halides is 3. The van der Waals surface area contributed by atoms with Gasteiger partial charge in [0.2, 0.25) is 0 Å². The van der Waals surface area contributed by atoms with E-state index in [0.29, 0.717) is 27.4 Å². The summed E-state index contributed by atoms with van der Waals surface area (Å²) in [6, 6.07) is 12.8. The van der Waals surface area contributed by atoms with Crippen molar-refractivity contribution < 1.29 is 22.8 Å². The molecule has 1 N–H and O–H groups in total. The molecular formula is C25H23F3N2O2S. The molecular weight excluding hydrogens is 449 g/mol. The van der Waals surface area contributed by atoms with Crippen LogP contribution in [-0.2, 0) is 12.7 Å². The summed E-state index contributed by atoms with van der Waals surface area (Å²) < 4.78 is 39.5. The number of carbonyl (C=O) groups is 2. The first-order valence-electron chi connectivity index (χ1n) is 11.1. The van der Waals surface area contributed by atoms with Gasteiger partial charge in [0.05, 0.1) is 10.4 Å². The van der Waals surface area contributed by atoms with Crippen molar-refractivity contribution in [3.8, 4) is 0 Å². The Morgan fingerprint density at radius 1 is 1.06 bits per heavy atom. The molecule has 2 heterocycles. The van der Waals surface area contributed by atoms with Crippen molar-refractivity contribution in [1.82, 2.24) is 10.2 Å². The predicted octanol–water partition coefficient (Wildman–Crippen LogP) is 5.86. The molecule has 4 nitrogen and oxygen atoms in total. The largest absolute Gasteiger partial charge is 0.416 e. The monoisotopic (exact) mass is 472 g/mol. The Labute approximate surface area is 193 Å². The summed E-state index contributed by atoms with van der Waals surface area (Å²) in [5, 5.41) is 3.48. The van der Waals surface area contributed by atoms with E-state index in [2.05, 4.69) is 5.32 Å². The number of benzene rings is 2. The molecule has 1 aromatic heterocycles. The maximum absolute atomic E-state index is 12.9. The number of rotatable bonds is 4. The van der Waals surface area contributed by atoms with E-state index in [9.17, 15) is 22.8 Å². The highest BCUT2D eigenvalue weighted by atomic mass is 32.1. The number of amides is 2. The number of nitrogens with zero attached hydrogens (tertiary/aromatic N) is 1. The van der Waals surface area contributed by atoms with Gasteiger partial charge in [-0.1, -0.05) is 18.2 Å². The van der Waals surface area contributed by atoms with Crippen molar-refractivity contribution in [2.24, 2.45) is 5.92 Å². The Bertz CT molecular complexity index is 1210. The lowest BCUT2D eigenvalue weighted by molar-refractivity contribution is -0.137. The second-order valence-corrected chi connectivity index (χ2v) is 9.98. The van der Waals surface area contributed by atoms with Crippen molar-refractivity contribution in [2.75, 3.05) is 6.54 Å². The molecule has 3 aromatic rings. The Balaban J connectivity index is 1.15. The van der Waals surface area contributed by atoms with E-state index >= 15 is 0 Å². The van der Waals surface area contributed by atoms with Crippen LogP contribution < -0.4 is 5.32 Å². The van der Waals surface area contributed by atoms with Gasteiger partial charge < -0.3 is 10.2 Å². The maximum atomic E-state index is 12.9. The van der Waals surface area contributed by atoms with Gasteiger partial charge in [-0.2, -0.15) is 13.2 Å². The zero-order valence-electron chi connectivity index (χ0n) is 17.8. The first kappa shape index (κ1) is 21.9. The second kappa shape index (κ2) is 8.48. The highest BCUT2D eigenvalue weighted by molar-refractivity contribution is 7.20. The topological polar surface area (TPSA) is 49.4 Å². The van der Waals surface area contributed by atoms with E-state index in [1.165, 1.54) is 23.5 Å². The van der Waals surface area contributed by atoms with Crippen LogP contribution in [0.3, 0.4) is 0 Å². The van der Waals surface area contributed by atoms with Gasteiger partial charge in [-0.15, -0.1) is 11.3 Å². The minimum atomic E-state index is -4.40. The first-order valence-corrected chi connectivity index (χ1v) is 11.9. The Kier molecular flexibility index (Phi) is 5.64. The molecule has 0 radical (unpaired) electrons. The average Bonchev–Trinajstić information content (AvgIpc) is 3.35. The third-order valence-corrected chi connectivity index (χ3v) is 7.74. The second-order valence-electron chi connectivity index (χ2n) is 8.89. The van der Waals surface area contributed by atoms with Crippen LogP contribution in [0.1, 0.15) is 56.8 Å². The summed E-state index contributed by atoms with van der Waals surface area (Å²) in [5.74, 6) is 0.263. The summed E-state index contributed by atoms with van der Waals surface area (Å²) in [6.45, 7) is 1.39. The predicted molar refractivity (Wildman–Crippen MR) is 121 cm³/mol. The van der Waals surface area contributed by atoms with Gasteiger partial charge in [0.25, 0.3) is 11.8 Å². The highest BCUT2D eigenvalue weighted by Crippen LogP contribution is 2.35. The molecule has 0 saturated heterocycles. The van der Waals surface area contributed by atoms with Gasteiger partial charge in [-0.05, 0) is 72.9 Å². The molecule has 8 heteroatoms. The van der Waals surface area contributed by atoms with Crippen molar-refractivity contribution in [3.63, 3.8) is 0 Å². The quantitative estimate of drug-likeness (QED) is 0.517.